The highest BCUT2D eigenvalue weighted by Gasteiger charge is 2.34. The second-order valence-corrected chi connectivity index (χ2v) is 9.18. The van der Waals surface area contributed by atoms with Crippen molar-refractivity contribution >= 4 is 50.5 Å². The van der Waals surface area contributed by atoms with E-state index in [0.717, 1.165) is 26.9 Å². The maximum absolute atomic E-state index is 12.2. The molecule has 1 aliphatic heterocycles. The van der Waals surface area contributed by atoms with Gasteiger partial charge in [0.25, 0.3) is 0 Å². The van der Waals surface area contributed by atoms with Gasteiger partial charge in [-0.25, -0.2) is 4.98 Å². The number of thioether (sulfide) groups is 1. The van der Waals surface area contributed by atoms with Crippen molar-refractivity contribution in [2.24, 2.45) is 0 Å². The average molecular weight is 381 g/mol. The molecule has 0 atom stereocenters. The second-order valence-electron chi connectivity index (χ2n) is 6.93. The smallest absolute Gasteiger partial charge is 0.224 e. The summed E-state index contributed by atoms with van der Waals surface area (Å²) in [5, 5.41) is 0. The van der Waals surface area contributed by atoms with Gasteiger partial charge in [-0.05, 0) is 37.6 Å². The first kappa shape index (κ1) is 17.3. The minimum Gasteiger partial charge on any atom is -0.303 e. The number of hydrogen-bond acceptors (Lipinski definition) is 4. The van der Waals surface area contributed by atoms with Crippen molar-refractivity contribution in [3.8, 4) is 0 Å². The van der Waals surface area contributed by atoms with Gasteiger partial charge in [0.1, 0.15) is 0 Å². The van der Waals surface area contributed by atoms with E-state index >= 15 is 0 Å². The molecule has 3 nitrogen and oxygen atoms in total. The molecule has 3 aromatic rings. The molecule has 0 N–H and O–H groups in total. The zero-order valence-corrected chi connectivity index (χ0v) is 16.7. The van der Waals surface area contributed by atoms with E-state index in [-0.39, 0.29) is 11.4 Å². The minimum absolute atomic E-state index is 0.0663. The van der Waals surface area contributed by atoms with Gasteiger partial charge in [0.05, 0.1) is 21.4 Å². The molecular formula is C21H20N2OS2. The first-order chi connectivity index (χ1) is 12.5. The molecular weight excluding hydrogens is 360 g/mol. The van der Waals surface area contributed by atoms with Crippen LogP contribution in [-0.4, -0.2) is 22.2 Å². The number of carbonyl (C=O) groups excluding carboxylic acids is 1. The fourth-order valence-corrected chi connectivity index (χ4v) is 5.63. The van der Waals surface area contributed by atoms with Crippen molar-refractivity contribution < 1.29 is 4.79 Å². The fraction of sp³-hybridized carbons (Fsp3) is 0.238. The highest BCUT2D eigenvalue weighted by Crippen LogP contribution is 2.41. The lowest BCUT2D eigenvalue weighted by Crippen LogP contribution is -2.48. The number of hydrogen-bond donors (Lipinski definition) is 0. The SMILES string of the molecule is CC(=O)N1c2ccccc2C(CSc2nc3ccccc3s2)=CC1(C)C. The van der Waals surface area contributed by atoms with Gasteiger partial charge in [-0.1, -0.05) is 48.2 Å². The number of carbonyl (C=O) groups is 1. The Morgan fingerprint density at radius 3 is 2.65 bits per heavy atom. The average Bonchev–Trinajstić information content (AvgIpc) is 3.01. The van der Waals surface area contributed by atoms with Crippen LogP contribution in [0, 0.1) is 0 Å². The van der Waals surface area contributed by atoms with E-state index in [0.29, 0.717) is 0 Å². The highest BCUT2D eigenvalue weighted by atomic mass is 32.2. The molecule has 132 valence electrons. The van der Waals surface area contributed by atoms with Crippen molar-refractivity contribution in [1.29, 1.82) is 0 Å². The standard InChI is InChI=1S/C21H20N2OS2/c1-14(24)23-18-10-6-4-8-16(18)15(12-21(23,2)3)13-25-20-22-17-9-5-7-11-19(17)26-20/h4-12H,13H2,1-3H3. The van der Waals surface area contributed by atoms with Crippen LogP contribution < -0.4 is 4.90 Å². The molecule has 0 aliphatic carbocycles. The Hall–Kier alpha value is -2.11. The molecule has 0 unspecified atom stereocenters. The summed E-state index contributed by atoms with van der Waals surface area (Å²) in [6.07, 6.45) is 2.22. The van der Waals surface area contributed by atoms with Gasteiger partial charge in [0, 0.05) is 18.2 Å². The fourth-order valence-electron chi connectivity index (χ4n) is 3.57. The number of nitrogens with zero attached hydrogens (tertiary/aromatic N) is 2. The molecule has 5 heteroatoms. The molecule has 0 bridgehead atoms. The summed E-state index contributed by atoms with van der Waals surface area (Å²) in [6, 6.07) is 16.4. The first-order valence-corrected chi connectivity index (χ1v) is 10.4. The van der Waals surface area contributed by atoms with Crippen LogP contribution >= 0.6 is 23.1 Å². The van der Waals surface area contributed by atoms with E-state index in [2.05, 4.69) is 38.1 Å². The summed E-state index contributed by atoms with van der Waals surface area (Å²) in [6.45, 7) is 5.81. The third kappa shape index (κ3) is 3.06. The van der Waals surface area contributed by atoms with Gasteiger partial charge in [-0.3, -0.25) is 4.79 Å². The Kier molecular flexibility index (Phi) is 4.37. The van der Waals surface area contributed by atoms with E-state index in [1.165, 1.54) is 10.3 Å². The van der Waals surface area contributed by atoms with E-state index in [9.17, 15) is 4.79 Å². The third-order valence-electron chi connectivity index (χ3n) is 4.53. The van der Waals surface area contributed by atoms with Crippen LogP contribution in [0.15, 0.2) is 58.9 Å². The summed E-state index contributed by atoms with van der Waals surface area (Å²) < 4.78 is 2.30. The third-order valence-corrected chi connectivity index (χ3v) is 6.76. The van der Waals surface area contributed by atoms with E-state index in [1.807, 2.05) is 35.2 Å². The Morgan fingerprint density at radius 2 is 1.88 bits per heavy atom. The summed E-state index contributed by atoms with van der Waals surface area (Å²) >= 11 is 3.49. The van der Waals surface area contributed by atoms with Gasteiger partial charge in [-0.2, -0.15) is 0 Å². The van der Waals surface area contributed by atoms with Crippen LogP contribution in [-0.2, 0) is 4.79 Å². The molecule has 1 aliphatic rings. The normalized spacial score (nSPS) is 15.7. The van der Waals surface area contributed by atoms with Crippen molar-refractivity contribution in [3.05, 3.63) is 60.2 Å². The van der Waals surface area contributed by atoms with Gasteiger partial charge < -0.3 is 4.90 Å². The largest absolute Gasteiger partial charge is 0.303 e. The van der Waals surface area contributed by atoms with Gasteiger partial charge >= 0.3 is 0 Å². The molecule has 1 amide bonds. The molecule has 2 aromatic carbocycles. The first-order valence-electron chi connectivity index (χ1n) is 8.56. The Bertz CT molecular complexity index is 987. The molecule has 0 saturated carbocycles. The van der Waals surface area contributed by atoms with Crippen LogP contribution in [0.4, 0.5) is 5.69 Å². The van der Waals surface area contributed by atoms with Crippen molar-refractivity contribution in [2.75, 3.05) is 10.7 Å². The molecule has 0 radical (unpaired) electrons. The van der Waals surface area contributed by atoms with E-state index < -0.39 is 0 Å². The van der Waals surface area contributed by atoms with Crippen LogP contribution in [0.1, 0.15) is 26.3 Å². The number of fused-ring (bicyclic) bond motifs is 2. The number of thiazole rings is 1. The lowest BCUT2D eigenvalue weighted by Gasteiger charge is -2.41. The zero-order valence-electron chi connectivity index (χ0n) is 15.0. The summed E-state index contributed by atoms with van der Waals surface area (Å²) in [4.78, 5) is 18.9. The summed E-state index contributed by atoms with van der Waals surface area (Å²) in [7, 11) is 0. The van der Waals surface area contributed by atoms with Crippen molar-refractivity contribution in [3.63, 3.8) is 0 Å². The van der Waals surface area contributed by atoms with Crippen molar-refractivity contribution in [1.82, 2.24) is 4.98 Å². The number of benzene rings is 2. The molecule has 26 heavy (non-hydrogen) atoms. The van der Waals surface area contributed by atoms with Gasteiger partial charge in [0.15, 0.2) is 4.34 Å². The quantitative estimate of drug-likeness (QED) is 0.553. The Morgan fingerprint density at radius 1 is 1.15 bits per heavy atom. The van der Waals surface area contributed by atoms with Crippen LogP contribution in [0.3, 0.4) is 0 Å². The predicted molar refractivity (Wildman–Crippen MR) is 112 cm³/mol. The topological polar surface area (TPSA) is 33.2 Å². The van der Waals surface area contributed by atoms with Gasteiger partial charge in [0.2, 0.25) is 5.91 Å². The zero-order chi connectivity index (χ0) is 18.3. The molecule has 0 saturated heterocycles. The molecule has 0 fully saturated rings. The molecule has 4 rings (SSSR count). The molecule has 1 aromatic heterocycles. The van der Waals surface area contributed by atoms with Crippen molar-refractivity contribution in [2.45, 2.75) is 30.6 Å². The second kappa shape index (κ2) is 6.56. The maximum Gasteiger partial charge on any atom is 0.224 e. The van der Waals surface area contributed by atoms with Crippen LogP contribution in [0.25, 0.3) is 15.8 Å². The van der Waals surface area contributed by atoms with E-state index in [1.54, 1.807) is 30.0 Å². The highest BCUT2D eigenvalue weighted by molar-refractivity contribution is 8.01. The monoisotopic (exact) mass is 380 g/mol. The number of aromatic nitrogens is 1. The Balaban J connectivity index is 1.66. The minimum atomic E-state index is -0.344. The number of rotatable bonds is 3. The molecule has 2 heterocycles. The summed E-state index contributed by atoms with van der Waals surface area (Å²) in [5.74, 6) is 0.906. The maximum atomic E-state index is 12.2. The van der Waals surface area contributed by atoms with Crippen LogP contribution in [0.2, 0.25) is 0 Å². The number of para-hydroxylation sites is 2. The molecule has 0 spiro atoms. The Labute approximate surface area is 161 Å². The van der Waals surface area contributed by atoms with Crippen LogP contribution in [0.5, 0.6) is 0 Å². The number of anilines is 1. The van der Waals surface area contributed by atoms with E-state index in [4.69, 9.17) is 4.98 Å². The lowest BCUT2D eigenvalue weighted by atomic mass is 9.89. The van der Waals surface area contributed by atoms with Gasteiger partial charge in [-0.15, -0.1) is 11.3 Å². The number of amides is 1. The lowest BCUT2D eigenvalue weighted by molar-refractivity contribution is -0.117. The predicted octanol–water partition coefficient (Wildman–Crippen LogP) is 5.62. The summed E-state index contributed by atoms with van der Waals surface area (Å²) in [5.41, 5.74) is 4.10.